The highest BCUT2D eigenvalue weighted by molar-refractivity contribution is 6.02. The van der Waals surface area contributed by atoms with E-state index in [1.807, 2.05) is 0 Å². The topological polar surface area (TPSA) is 24.7 Å². The molecule has 0 aromatic rings. The summed E-state index contributed by atoms with van der Waals surface area (Å²) >= 11 is 0. The van der Waals surface area contributed by atoms with Gasteiger partial charge in [0.05, 0.1) is 0 Å². The zero-order chi connectivity index (χ0) is 8.69. The van der Waals surface area contributed by atoms with Crippen molar-refractivity contribution in [1.29, 1.82) is 0 Å². The van der Waals surface area contributed by atoms with Crippen LogP contribution in [0.4, 0.5) is 0 Å². The molecule has 0 unspecified atom stereocenters. The number of nitrogens with zero attached hydrogens (tertiary/aromatic N) is 2. The van der Waals surface area contributed by atoms with E-state index in [1.165, 1.54) is 11.4 Å². The third kappa shape index (κ3) is 5.77. The summed E-state index contributed by atoms with van der Waals surface area (Å²) in [6, 6.07) is 0. The highest BCUT2D eigenvalue weighted by Crippen LogP contribution is 1.91. The average molecular weight is 154 g/mol. The molecule has 0 aromatic carbocycles. The first-order chi connectivity index (χ1) is 5.20. The fraction of sp³-hybridized carbons (Fsp3) is 0.778. The summed E-state index contributed by atoms with van der Waals surface area (Å²) in [6.07, 6.45) is 0.932. The Hall–Kier alpha value is -0.660. The lowest BCUT2D eigenvalue weighted by molar-refractivity contribution is 1.10. The first-order valence-corrected chi connectivity index (χ1v) is 4.20. The Balaban J connectivity index is 3.84. The summed E-state index contributed by atoms with van der Waals surface area (Å²) < 4.78 is 0. The van der Waals surface area contributed by atoms with Gasteiger partial charge in [-0.05, 0) is 27.7 Å². The van der Waals surface area contributed by atoms with E-state index >= 15 is 0 Å². The number of hydrogen-bond donors (Lipinski definition) is 0. The van der Waals surface area contributed by atoms with Gasteiger partial charge in [0.2, 0.25) is 0 Å². The standard InChI is InChI=1S/C9H18N2/c1-5-10-8(3)7-9(4)11-6-2/h5-7H2,1-4H3/b10-8+,11-9+. The van der Waals surface area contributed by atoms with Crippen LogP contribution in [0.15, 0.2) is 9.98 Å². The molecular weight excluding hydrogens is 136 g/mol. The normalized spacial score (nSPS) is 13.8. The maximum atomic E-state index is 4.28. The number of hydrogen-bond acceptors (Lipinski definition) is 2. The van der Waals surface area contributed by atoms with Gasteiger partial charge in [-0.15, -0.1) is 0 Å². The third-order valence-electron chi connectivity index (χ3n) is 1.37. The molecule has 0 aliphatic rings. The Labute approximate surface area is 69.4 Å². The molecule has 0 bridgehead atoms. The summed E-state index contributed by atoms with van der Waals surface area (Å²) in [5.74, 6) is 0. The molecule has 0 heterocycles. The molecule has 0 spiro atoms. The lowest BCUT2D eigenvalue weighted by Crippen LogP contribution is -2.01. The van der Waals surface area contributed by atoms with Crippen molar-refractivity contribution in [3.05, 3.63) is 0 Å². The van der Waals surface area contributed by atoms with Crippen molar-refractivity contribution >= 4 is 11.4 Å². The van der Waals surface area contributed by atoms with Crippen LogP contribution in [0, 0.1) is 0 Å². The van der Waals surface area contributed by atoms with Crippen LogP contribution in [0.1, 0.15) is 34.1 Å². The van der Waals surface area contributed by atoms with Crippen molar-refractivity contribution in [2.75, 3.05) is 13.1 Å². The fourth-order valence-electron chi connectivity index (χ4n) is 1.02. The van der Waals surface area contributed by atoms with Gasteiger partial charge in [0.15, 0.2) is 0 Å². The van der Waals surface area contributed by atoms with E-state index in [4.69, 9.17) is 0 Å². The van der Waals surface area contributed by atoms with Crippen LogP contribution in [0.5, 0.6) is 0 Å². The molecule has 0 saturated heterocycles. The van der Waals surface area contributed by atoms with Gasteiger partial charge in [0.25, 0.3) is 0 Å². The summed E-state index contributed by atoms with van der Waals surface area (Å²) in [5.41, 5.74) is 2.37. The minimum Gasteiger partial charge on any atom is -0.294 e. The van der Waals surface area contributed by atoms with Crippen molar-refractivity contribution in [1.82, 2.24) is 0 Å². The second-order valence-electron chi connectivity index (χ2n) is 2.60. The van der Waals surface area contributed by atoms with Crippen molar-refractivity contribution in [2.45, 2.75) is 34.1 Å². The molecule has 0 atom stereocenters. The van der Waals surface area contributed by atoms with Gasteiger partial charge < -0.3 is 0 Å². The molecule has 64 valence electrons. The highest BCUT2D eigenvalue weighted by atomic mass is 14.7. The Bertz CT molecular complexity index is 139. The van der Waals surface area contributed by atoms with Crippen LogP contribution in [0.2, 0.25) is 0 Å². The second kappa shape index (κ2) is 6.08. The van der Waals surface area contributed by atoms with E-state index in [0.717, 1.165) is 19.5 Å². The van der Waals surface area contributed by atoms with Gasteiger partial charge in [-0.2, -0.15) is 0 Å². The highest BCUT2D eigenvalue weighted by Gasteiger charge is 1.92. The fourth-order valence-corrected chi connectivity index (χ4v) is 1.02. The molecule has 0 N–H and O–H groups in total. The van der Waals surface area contributed by atoms with E-state index in [2.05, 4.69) is 37.7 Å². The molecule has 0 rings (SSSR count). The van der Waals surface area contributed by atoms with E-state index in [1.54, 1.807) is 0 Å². The molecule has 0 aliphatic heterocycles. The SMILES string of the molecule is CC/N=C(\C)C/C(C)=N/CC. The quantitative estimate of drug-likeness (QED) is 0.555. The largest absolute Gasteiger partial charge is 0.294 e. The molecular formula is C9H18N2. The minimum absolute atomic E-state index is 0.880. The summed E-state index contributed by atoms with van der Waals surface area (Å²) in [7, 11) is 0. The van der Waals surface area contributed by atoms with Crippen LogP contribution < -0.4 is 0 Å². The third-order valence-corrected chi connectivity index (χ3v) is 1.37. The van der Waals surface area contributed by atoms with Gasteiger partial charge in [-0.3, -0.25) is 9.98 Å². The van der Waals surface area contributed by atoms with Crippen LogP contribution >= 0.6 is 0 Å². The summed E-state index contributed by atoms with van der Waals surface area (Å²) in [5, 5.41) is 0. The van der Waals surface area contributed by atoms with Crippen LogP contribution in [0.3, 0.4) is 0 Å². The maximum Gasteiger partial charge on any atom is 0.0360 e. The Kier molecular flexibility index (Phi) is 5.71. The Morgan fingerprint density at radius 3 is 1.55 bits per heavy atom. The molecule has 2 heteroatoms. The van der Waals surface area contributed by atoms with Crippen molar-refractivity contribution in [2.24, 2.45) is 9.98 Å². The first-order valence-electron chi connectivity index (χ1n) is 4.20. The van der Waals surface area contributed by atoms with Crippen molar-refractivity contribution in [3.8, 4) is 0 Å². The average Bonchev–Trinajstić information content (AvgIpc) is 1.87. The van der Waals surface area contributed by atoms with Gasteiger partial charge >= 0.3 is 0 Å². The molecule has 2 nitrogen and oxygen atoms in total. The molecule has 0 amide bonds. The second-order valence-corrected chi connectivity index (χ2v) is 2.60. The predicted octanol–water partition coefficient (Wildman–Crippen LogP) is 2.34. The molecule has 0 saturated carbocycles. The molecule has 0 fully saturated rings. The summed E-state index contributed by atoms with van der Waals surface area (Å²) in [4.78, 5) is 8.57. The van der Waals surface area contributed by atoms with E-state index in [0.29, 0.717) is 0 Å². The minimum atomic E-state index is 0.880. The lowest BCUT2D eigenvalue weighted by Gasteiger charge is -1.98. The van der Waals surface area contributed by atoms with Gasteiger partial charge in [0.1, 0.15) is 0 Å². The Morgan fingerprint density at radius 2 is 1.27 bits per heavy atom. The van der Waals surface area contributed by atoms with E-state index in [-0.39, 0.29) is 0 Å². The van der Waals surface area contributed by atoms with Crippen LogP contribution in [-0.2, 0) is 0 Å². The lowest BCUT2D eigenvalue weighted by atomic mass is 10.2. The van der Waals surface area contributed by atoms with Gasteiger partial charge in [-0.25, -0.2) is 0 Å². The van der Waals surface area contributed by atoms with Crippen LogP contribution in [0.25, 0.3) is 0 Å². The smallest absolute Gasteiger partial charge is 0.0360 e. The number of aliphatic imine (C=N–C) groups is 2. The van der Waals surface area contributed by atoms with E-state index in [9.17, 15) is 0 Å². The maximum absolute atomic E-state index is 4.28. The molecule has 0 aliphatic carbocycles. The van der Waals surface area contributed by atoms with Crippen molar-refractivity contribution < 1.29 is 0 Å². The monoisotopic (exact) mass is 154 g/mol. The van der Waals surface area contributed by atoms with Crippen molar-refractivity contribution in [3.63, 3.8) is 0 Å². The summed E-state index contributed by atoms with van der Waals surface area (Å²) in [6.45, 7) is 9.97. The predicted molar refractivity (Wildman–Crippen MR) is 51.9 cm³/mol. The van der Waals surface area contributed by atoms with Crippen LogP contribution in [-0.4, -0.2) is 24.5 Å². The zero-order valence-corrected chi connectivity index (χ0v) is 8.02. The Morgan fingerprint density at radius 1 is 0.909 bits per heavy atom. The first kappa shape index (κ1) is 10.3. The zero-order valence-electron chi connectivity index (χ0n) is 8.02. The van der Waals surface area contributed by atoms with Gasteiger partial charge in [-0.1, -0.05) is 0 Å². The number of rotatable bonds is 4. The molecule has 0 aromatic heterocycles. The van der Waals surface area contributed by atoms with E-state index < -0.39 is 0 Å². The molecule has 11 heavy (non-hydrogen) atoms. The van der Waals surface area contributed by atoms with Gasteiger partial charge in [0, 0.05) is 30.9 Å². The molecule has 0 radical (unpaired) electrons.